The number of halogens is 1. The van der Waals surface area contributed by atoms with Gasteiger partial charge in [-0.25, -0.2) is 8.42 Å². The SMILES string of the molecule is N#Cc1ccc(NS(=O)(=O)c2ccc([N+](=O)[O-])cc2)cc1Cl. The quantitative estimate of drug-likeness (QED) is 0.680. The Bertz CT molecular complexity index is 873. The van der Waals surface area contributed by atoms with Crippen molar-refractivity contribution < 1.29 is 13.3 Å². The number of nitriles is 1. The first-order valence-electron chi connectivity index (χ1n) is 5.80. The lowest BCUT2D eigenvalue weighted by atomic mass is 10.2. The van der Waals surface area contributed by atoms with Gasteiger partial charge in [-0.3, -0.25) is 14.8 Å². The summed E-state index contributed by atoms with van der Waals surface area (Å²) in [5.41, 5.74) is 0.197. The highest BCUT2D eigenvalue weighted by molar-refractivity contribution is 7.92. The summed E-state index contributed by atoms with van der Waals surface area (Å²) < 4.78 is 26.6. The van der Waals surface area contributed by atoms with Crippen molar-refractivity contribution in [3.8, 4) is 6.07 Å². The van der Waals surface area contributed by atoms with Gasteiger partial charge in [-0.1, -0.05) is 11.6 Å². The van der Waals surface area contributed by atoms with E-state index in [-0.39, 0.29) is 26.9 Å². The highest BCUT2D eigenvalue weighted by Crippen LogP contribution is 2.23. The maximum Gasteiger partial charge on any atom is 0.269 e. The third kappa shape index (κ3) is 3.33. The predicted molar refractivity (Wildman–Crippen MR) is 80.1 cm³/mol. The van der Waals surface area contributed by atoms with Crippen molar-refractivity contribution in [2.75, 3.05) is 4.72 Å². The molecule has 0 aliphatic carbocycles. The second-order valence-corrected chi connectivity index (χ2v) is 6.25. The number of rotatable bonds is 4. The molecule has 0 heterocycles. The molecule has 0 spiro atoms. The first kappa shape index (κ1) is 15.8. The molecule has 2 aromatic carbocycles. The zero-order valence-corrected chi connectivity index (χ0v) is 12.4. The largest absolute Gasteiger partial charge is 0.280 e. The fourth-order valence-electron chi connectivity index (χ4n) is 1.63. The van der Waals surface area contributed by atoms with Crippen molar-refractivity contribution in [2.24, 2.45) is 0 Å². The van der Waals surface area contributed by atoms with Crippen LogP contribution in [0.15, 0.2) is 47.4 Å². The van der Waals surface area contributed by atoms with Crippen LogP contribution in [0.4, 0.5) is 11.4 Å². The molecular weight excluding hydrogens is 330 g/mol. The zero-order valence-electron chi connectivity index (χ0n) is 10.9. The summed E-state index contributed by atoms with van der Waals surface area (Å²) in [6.07, 6.45) is 0. The Labute approximate surface area is 131 Å². The highest BCUT2D eigenvalue weighted by Gasteiger charge is 2.16. The Morgan fingerprint density at radius 1 is 1.18 bits per heavy atom. The number of nitro benzene ring substituents is 1. The fraction of sp³-hybridized carbons (Fsp3) is 0. The molecule has 0 aromatic heterocycles. The summed E-state index contributed by atoms with van der Waals surface area (Å²) in [5.74, 6) is 0. The number of hydrogen-bond acceptors (Lipinski definition) is 5. The Morgan fingerprint density at radius 3 is 2.32 bits per heavy atom. The van der Waals surface area contributed by atoms with Crippen molar-refractivity contribution in [3.05, 3.63) is 63.2 Å². The normalized spacial score (nSPS) is 10.7. The predicted octanol–water partition coefficient (Wildman–Crippen LogP) is 2.92. The Kier molecular flexibility index (Phi) is 4.30. The van der Waals surface area contributed by atoms with Crippen LogP contribution in [0, 0.1) is 21.4 Å². The van der Waals surface area contributed by atoms with Gasteiger partial charge in [-0.2, -0.15) is 5.26 Å². The van der Waals surface area contributed by atoms with E-state index in [2.05, 4.69) is 4.72 Å². The van der Waals surface area contributed by atoms with Crippen LogP contribution < -0.4 is 4.72 Å². The molecule has 112 valence electrons. The fourth-order valence-corrected chi connectivity index (χ4v) is 2.90. The molecule has 2 rings (SSSR count). The van der Waals surface area contributed by atoms with Gasteiger partial charge >= 0.3 is 0 Å². The molecule has 7 nitrogen and oxygen atoms in total. The third-order valence-corrected chi connectivity index (χ3v) is 4.41. The molecule has 22 heavy (non-hydrogen) atoms. The van der Waals surface area contributed by atoms with E-state index in [1.165, 1.54) is 18.2 Å². The van der Waals surface area contributed by atoms with Gasteiger partial charge in [0.15, 0.2) is 0 Å². The van der Waals surface area contributed by atoms with Gasteiger partial charge < -0.3 is 0 Å². The first-order chi connectivity index (χ1) is 10.3. The van der Waals surface area contributed by atoms with Crippen LogP contribution in [-0.2, 0) is 10.0 Å². The molecule has 0 aliphatic heterocycles. The molecule has 9 heteroatoms. The topological polar surface area (TPSA) is 113 Å². The van der Waals surface area contributed by atoms with Gasteiger partial charge in [-0.15, -0.1) is 0 Å². The summed E-state index contributed by atoms with van der Waals surface area (Å²) in [6.45, 7) is 0. The van der Waals surface area contributed by atoms with E-state index in [1.54, 1.807) is 0 Å². The number of anilines is 1. The Balaban J connectivity index is 2.29. The molecular formula is C13H8ClN3O4S. The summed E-state index contributed by atoms with van der Waals surface area (Å²) in [6, 6.07) is 10.4. The van der Waals surface area contributed by atoms with Crippen molar-refractivity contribution in [1.29, 1.82) is 5.26 Å². The van der Waals surface area contributed by atoms with Crippen LogP contribution in [0.1, 0.15) is 5.56 Å². The number of nitro groups is 1. The lowest BCUT2D eigenvalue weighted by Gasteiger charge is -2.08. The second kappa shape index (κ2) is 6.01. The van der Waals surface area contributed by atoms with Crippen LogP contribution in [0.25, 0.3) is 0 Å². The molecule has 0 radical (unpaired) electrons. The van der Waals surface area contributed by atoms with E-state index in [0.29, 0.717) is 0 Å². The standard InChI is InChI=1S/C13H8ClN3O4S/c14-13-7-10(2-1-9(13)8-15)16-22(20,21)12-5-3-11(4-6-12)17(18)19/h1-7,16H. The average Bonchev–Trinajstić information content (AvgIpc) is 2.47. The number of non-ortho nitro benzene ring substituents is 1. The number of benzene rings is 2. The molecule has 0 bridgehead atoms. The van der Waals surface area contributed by atoms with Crippen molar-refractivity contribution in [1.82, 2.24) is 0 Å². The van der Waals surface area contributed by atoms with Gasteiger partial charge in [-0.05, 0) is 30.3 Å². The van der Waals surface area contributed by atoms with Gasteiger partial charge in [0.25, 0.3) is 15.7 Å². The smallest absolute Gasteiger partial charge is 0.269 e. The van der Waals surface area contributed by atoms with Gasteiger partial charge in [0.1, 0.15) is 6.07 Å². The minimum atomic E-state index is -3.91. The second-order valence-electron chi connectivity index (χ2n) is 4.16. The van der Waals surface area contributed by atoms with E-state index >= 15 is 0 Å². The lowest BCUT2D eigenvalue weighted by Crippen LogP contribution is -2.13. The van der Waals surface area contributed by atoms with Gasteiger partial charge in [0, 0.05) is 12.1 Å². The Hall–Kier alpha value is -2.63. The van der Waals surface area contributed by atoms with E-state index in [0.717, 1.165) is 24.3 Å². The minimum Gasteiger partial charge on any atom is -0.280 e. The van der Waals surface area contributed by atoms with Crippen LogP contribution in [-0.4, -0.2) is 13.3 Å². The van der Waals surface area contributed by atoms with Gasteiger partial charge in [0.05, 0.1) is 26.1 Å². The highest BCUT2D eigenvalue weighted by atomic mass is 35.5. The van der Waals surface area contributed by atoms with Crippen LogP contribution in [0.3, 0.4) is 0 Å². The molecule has 0 amide bonds. The van der Waals surface area contributed by atoms with E-state index < -0.39 is 14.9 Å². The molecule has 0 aliphatic rings. The van der Waals surface area contributed by atoms with E-state index in [9.17, 15) is 18.5 Å². The average molecular weight is 338 g/mol. The van der Waals surface area contributed by atoms with Gasteiger partial charge in [0.2, 0.25) is 0 Å². The molecule has 0 saturated carbocycles. The third-order valence-electron chi connectivity index (χ3n) is 2.70. The number of hydrogen-bond donors (Lipinski definition) is 1. The van der Waals surface area contributed by atoms with Crippen LogP contribution in [0.2, 0.25) is 5.02 Å². The number of nitrogens with one attached hydrogen (secondary N) is 1. The summed E-state index contributed by atoms with van der Waals surface area (Å²) >= 11 is 5.83. The zero-order chi connectivity index (χ0) is 16.3. The summed E-state index contributed by atoms with van der Waals surface area (Å²) in [4.78, 5) is 9.80. The molecule has 0 unspecified atom stereocenters. The van der Waals surface area contributed by atoms with E-state index in [1.807, 2.05) is 6.07 Å². The summed E-state index contributed by atoms with van der Waals surface area (Å²) in [7, 11) is -3.91. The summed E-state index contributed by atoms with van der Waals surface area (Å²) in [5, 5.41) is 19.4. The molecule has 0 fully saturated rings. The maximum absolute atomic E-state index is 12.2. The van der Waals surface area contributed by atoms with Crippen molar-refractivity contribution in [3.63, 3.8) is 0 Å². The van der Waals surface area contributed by atoms with Crippen LogP contribution in [0.5, 0.6) is 0 Å². The first-order valence-corrected chi connectivity index (χ1v) is 7.66. The Morgan fingerprint density at radius 2 is 1.82 bits per heavy atom. The van der Waals surface area contributed by atoms with Crippen LogP contribution >= 0.6 is 11.6 Å². The minimum absolute atomic E-state index is 0.117. The lowest BCUT2D eigenvalue weighted by molar-refractivity contribution is -0.384. The number of sulfonamides is 1. The molecule has 0 saturated heterocycles. The molecule has 0 atom stereocenters. The van der Waals surface area contributed by atoms with Crippen molar-refractivity contribution in [2.45, 2.75) is 4.90 Å². The maximum atomic E-state index is 12.2. The number of nitrogens with zero attached hydrogens (tertiary/aromatic N) is 2. The molecule has 2 aromatic rings. The van der Waals surface area contributed by atoms with E-state index in [4.69, 9.17) is 16.9 Å². The molecule has 1 N–H and O–H groups in total. The van der Waals surface area contributed by atoms with Crippen molar-refractivity contribution >= 4 is 33.0 Å². The monoisotopic (exact) mass is 337 g/mol.